The molecule has 0 bridgehead atoms. The highest BCUT2D eigenvalue weighted by Crippen LogP contribution is 2.23. The Hall–Kier alpha value is -1.89. The normalized spacial score (nSPS) is 10.9. The Morgan fingerprint density at radius 3 is 2.62 bits per heavy atom. The highest BCUT2D eigenvalue weighted by atomic mass is 32.2. The van der Waals surface area contributed by atoms with E-state index in [0.717, 1.165) is 16.8 Å². The molecule has 6 nitrogen and oxygen atoms in total. The number of hydrogen-bond donors (Lipinski definition) is 0. The lowest BCUT2D eigenvalue weighted by Crippen LogP contribution is -2.14. The molecule has 0 aliphatic carbocycles. The Kier molecular flexibility index (Phi) is 4.95. The Balaban J connectivity index is 2.18. The van der Waals surface area contributed by atoms with Crippen molar-refractivity contribution in [3.63, 3.8) is 0 Å². The van der Waals surface area contributed by atoms with Crippen LogP contribution in [0, 0.1) is 13.8 Å². The standard InChI is InChI=1S/C14H18N4O2S/c1-9(2)20-12(19)8-21-14-15-16-17-18(14)13-10(3)6-5-7-11(13)4/h5-7,9H,8H2,1-4H3. The van der Waals surface area contributed by atoms with Gasteiger partial charge in [-0.15, -0.1) is 5.10 Å². The summed E-state index contributed by atoms with van der Waals surface area (Å²) in [6, 6.07) is 6.00. The fraction of sp³-hybridized carbons (Fsp3) is 0.429. The maximum atomic E-state index is 11.6. The zero-order valence-corrected chi connectivity index (χ0v) is 13.3. The van der Waals surface area contributed by atoms with E-state index in [-0.39, 0.29) is 17.8 Å². The van der Waals surface area contributed by atoms with E-state index in [1.807, 2.05) is 45.9 Å². The van der Waals surface area contributed by atoms with Gasteiger partial charge in [0.2, 0.25) is 5.16 Å². The van der Waals surface area contributed by atoms with Crippen LogP contribution < -0.4 is 0 Å². The number of carbonyl (C=O) groups is 1. The molecule has 21 heavy (non-hydrogen) atoms. The van der Waals surface area contributed by atoms with Crippen LogP contribution in [0.3, 0.4) is 0 Å². The zero-order chi connectivity index (χ0) is 15.4. The van der Waals surface area contributed by atoms with Gasteiger partial charge in [-0.2, -0.15) is 4.68 Å². The van der Waals surface area contributed by atoms with Crippen LogP contribution in [0.4, 0.5) is 0 Å². The maximum Gasteiger partial charge on any atom is 0.316 e. The molecule has 1 heterocycles. The molecule has 112 valence electrons. The molecule has 7 heteroatoms. The smallest absolute Gasteiger partial charge is 0.316 e. The lowest BCUT2D eigenvalue weighted by molar-refractivity contribution is -0.144. The molecule has 0 amide bonds. The molecule has 2 rings (SSSR count). The molecule has 0 saturated carbocycles. The zero-order valence-electron chi connectivity index (χ0n) is 12.5. The minimum Gasteiger partial charge on any atom is -0.462 e. The van der Waals surface area contributed by atoms with Crippen molar-refractivity contribution in [1.82, 2.24) is 20.2 Å². The number of aromatic nitrogens is 4. The van der Waals surface area contributed by atoms with Gasteiger partial charge < -0.3 is 4.74 Å². The molecule has 0 spiro atoms. The van der Waals surface area contributed by atoms with Crippen molar-refractivity contribution in [3.8, 4) is 5.69 Å². The van der Waals surface area contributed by atoms with E-state index >= 15 is 0 Å². The van der Waals surface area contributed by atoms with E-state index in [0.29, 0.717) is 5.16 Å². The molecule has 0 saturated heterocycles. The SMILES string of the molecule is Cc1cccc(C)c1-n1nnnc1SCC(=O)OC(C)C. The number of benzene rings is 1. The Labute approximate surface area is 127 Å². The van der Waals surface area contributed by atoms with Gasteiger partial charge >= 0.3 is 5.97 Å². The third-order valence-corrected chi connectivity index (χ3v) is 3.67. The van der Waals surface area contributed by atoms with Crippen LogP contribution in [0.1, 0.15) is 25.0 Å². The van der Waals surface area contributed by atoms with E-state index in [4.69, 9.17) is 4.74 Å². The van der Waals surface area contributed by atoms with E-state index in [1.54, 1.807) is 4.68 Å². The monoisotopic (exact) mass is 306 g/mol. The van der Waals surface area contributed by atoms with Gasteiger partial charge in [-0.05, 0) is 49.2 Å². The van der Waals surface area contributed by atoms with Crippen LogP contribution in [-0.2, 0) is 9.53 Å². The number of esters is 1. The molecular formula is C14H18N4O2S. The molecule has 2 aromatic rings. The van der Waals surface area contributed by atoms with Crippen LogP contribution in [0.25, 0.3) is 5.69 Å². The van der Waals surface area contributed by atoms with E-state index in [2.05, 4.69) is 15.5 Å². The molecule has 0 radical (unpaired) electrons. The van der Waals surface area contributed by atoms with Gasteiger partial charge in [-0.25, -0.2) is 0 Å². The minimum absolute atomic E-state index is 0.118. The summed E-state index contributed by atoms with van der Waals surface area (Å²) in [4.78, 5) is 11.6. The van der Waals surface area contributed by atoms with Gasteiger partial charge in [0.25, 0.3) is 0 Å². The van der Waals surface area contributed by atoms with Crippen molar-refractivity contribution < 1.29 is 9.53 Å². The molecule has 0 atom stereocenters. The predicted octanol–water partition coefficient (Wildman–Crippen LogP) is 2.32. The molecule has 0 unspecified atom stereocenters. The lowest BCUT2D eigenvalue weighted by atomic mass is 10.1. The summed E-state index contributed by atoms with van der Waals surface area (Å²) in [5, 5.41) is 12.3. The van der Waals surface area contributed by atoms with E-state index in [9.17, 15) is 4.79 Å². The van der Waals surface area contributed by atoms with Crippen LogP contribution in [0.5, 0.6) is 0 Å². The second kappa shape index (κ2) is 6.71. The molecule has 1 aromatic heterocycles. The molecule has 0 aliphatic rings. The first-order valence-electron chi connectivity index (χ1n) is 6.66. The summed E-state index contributed by atoms with van der Waals surface area (Å²) in [6.45, 7) is 7.66. The predicted molar refractivity (Wildman–Crippen MR) is 80.6 cm³/mol. The summed E-state index contributed by atoms with van der Waals surface area (Å²) in [5.74, 6) is -0.0882. The first kappa shape index (κ1) is 15.5. The molecule has 0 fully saturated rings. The average molecular weight is 306 g/mol. The number of thioether (sulfide) groups is 1. The minimum atomic E-state index is -0.272. The van der Waals surface area contributed by atoms with Crippen molar-refractivity contribution in [2.45, 2.75) is 39.0 Å². The molecular weight excluding hydrogens is 288 g/mol. The first-order valence-corrected chi connectivity index (χ1v) is 7.65. The van der Waals surface area contributed by atoms with Gasteiger partial charge in [0.15, 0.2) is 0 Å². The van der Waals surface area contributed by atoms with Gasteiger partial charge in [-0.1, -0.05) is 30.0 Å². The summed E-state index contributed by atoms with van der Waals surface area (Å²) >= 11 is 1.27. The highest BCUT2D eigenvalue weighted by molar-refractivity contribution is 7.99. The van der Waals surface area contributed by atoms with Crippen LogP contribution in [0.2, 0.25) is 0 Å². The maximum absolute atomic E-state index is 11.6. The van der Waals surface area contributed by atoms with Gasteiger partial charge in [-0.3, -0.25) is 4.79 Å². The van der Waals surface area contributed by atoms with Crippen molar-refractivity contribution >= 4 is 17.7 Å². The highest BCUT2D eigenvalue weighted by Gasteiger charge is 2.15. The number of ether oxygens (including phenoxy) is 1. The molecule has 1 aromatic carbocycles. The number of hydrogen-bond acceptors (Lipinski definition) is 6. The number of carbonyl (C=O) groups excluding carboxylic acids is 1. The summed E-state index contributed by atoms with van der Waals surface area (Å²) in [7, 11) is 0. The third-order valence-electron chi connectivity index (χ3n) is 2.78. The van der Waals surface area contributed by atoms with E-state index in [1.165, 1.54) is 11.8 Å². The summed E-state index contributed by atoms with van der Waals surface area (Å²) in [6.07, 6.45) is -0.118. The number of aryl methyl sites for hydroxylation is 2. The van der Waals surface area contributed by atoms with Gasteiger partial charge in [0, 0.05) is 0 Å². The lowest BCUT2D eigenvalue weighted by Gasteiger charge is -2.11. The number of para-hydroxylation sites is 1. The first-order chi connectivity index (χ1) is 9.99. The van der Waals surface area contributed by atoms with Gasteiger partial charge in [0.05, 0.1) is 17.5 Å². The molecule has 0 N–H and O–H groups in total. The Morgan fingerprint density at radius 1 is 1.33 bits per heavy atom. The van der Waals surface area contributed by atoms with Crippen molar-refractivity contribution in [2.75, 3.05) is 5.75 Å². The van der Waals surface area contributed by atoms with Crippen LogP contribution in [-0.4, -0.2) is 38.0 Å². The second-order valence-corrected chi connectivity index (χ2v) is 5.88. The van der Waals surface area contributed by atoms with E-state index < -0.39 is 0 Å². The van der Waals surface area contributed by atoms with Crippen molar-refractivity contribution in [3.05, 3.63) is 29.3 Å². The summed E-state index contributed by atoms with van der Waals surface area (Å²) < 4.78 is 6.77. The fourth-order valence-electron chi connectivity index (χ4n) is 1.97. The molecule has 0 aliphatic heterocycles. The Bertz CT molecular complexity index is 619. The number of rotatable bonds is 5. The van der Waals surface area contributed by atoms with Crippen LogP contribution >= 0.6 is 11.8 Å². The van der Waals surface area contributed by atoms with Crippen molar-refractivity contribution in [1.29, 1.82) is 0 Å². The quantitative estimate of drug-likeness (QED) is 0.624. The second-order valence-electron chi connectivity index (χ2n) is 4.94. The largest absolute Gasteiger partial charge is 0.462 e. The summed E-state index contributed by atoms with van der Waals surface area (Å²) in [5.41, 5.74) is 3.10. The van der Waals surface area contributed by atoms with Crippen LogP contribution in [0.15, 0.2) is 23.4 Å². The third kappa shape index (κ3) is 3.81. The van der Waals surface area contributed by atoms with Gasteiger partial charge in [0.1, 0.15) is 0 Å². The number of tetrazole rings is 1. The topological polar surface area (TPSA) is 69.9 Å². The average Bonchev–Trinajstić information content (AvgIpc) is 2.83. The number of nitrogens with zero attached hydrogens (tertiary/aromatic N) is 4. The Morgan fingerprint density at radius 2 is 2.00 bits per heavy atom. The fourth-order valence-corrected chi connectivity index (χ4v) is 2.63. The van der Waals surface area contributed by atoms with Crippen molar-refractivity contribution in [2.24, 2.45) is 0 Å².